The average Bonchev–Trinajstić information content (AvgIpc) is 3.23. The molecule has 1 saturated heterocycles. The maximum absolute atomic E-state index is 12.2. The van der Waals surface area contributed by atoms with Gasteiger partial charge in [-0.05, 0) is 37.5 Å². The highest BCUT2D eigenvalue weighted by molar-refractivity contribution is 6.36. The lowest BCUT2D eigenvalue weighted by Crippen LogP contribution is -2.26. The second-order valence-electron chi connectivity index (χ2n) is 5.62. The Bertz CT molecular complexity index is 719. The topological polar surface area (TPSA) is 77.2 Å². The summed E-state index contributed by atoms with van der Waals surface area (Å²) in [5, 5.41) is 7.63. The van der Waals surface area contributed by atoms with E-state index in [1.165, 1.54) is 0 Å². The maximum Gasteiger partial charge on any atom is 0.255 e. The van der Waals surface area contributed by atoms with E-state index in [-0.39, 0.29) is 12.0 Å². The van der Waals surface area contributed by atoms with Gasteiger partial charge in [0.25, 0.3) is 11.8 Å². The average molecular weight is 370 g/mol. The third-order valence-electron chi connectivity index (χ3n) is 3.87. The molecule has 2 aromatic rings. The van der Waals surface area contributed by atoms with Gasteiger partial charge in [-0.25, -0.2) is 0 Å². The fourth-order valence-corrected chi connectivity index (χ4v) is 2.93. The first-order valence-corrected chi connectivity index (χ1v) is 8.48. The first-order valence-electron chi connectivity index (χ1n) is 7.72. The molecule has 1 atom stereocenters. The number of amides is 1. The molecule has 8 heteroatoms. The van der Waals surface area contributed by atoms with Crippen LogP contribution in [0.3, 0.4) is 0 Å². The van der Waals surface area contributed by atoms with Crippen molar-refractivity contribution >= 4 is 29.1 Å². The fraction of sp³-hybridized carbons (Fsp3) is 0.438. The lowest BCUT2D eigenvalue weighted by molar-refractivity contribution is 0.0835. The van der Waals surface area contributed by atoms with E-state index in [1.54, 1.807) is 19.1 Å². The van der Waals surface area contributed by atoms with Gasteiger partial charge in [-0.3, -0.25) is 4.79 Å². The summed E-state index contributed by atoms with van der Waals surface area (Å²) in [5.41, 5.74) is 1.17. The Kier molecular flexibility index (Phi) is 5.38. The molecule has 6 nitrogen and oxygen atoms in total. The standard InChI is InChI=1S/C16H17Cl2N3O3/c1-9-11(17)7-10(8-12(9)18)15(22)19-5-4-14-20-16(24-21-14)13-3-2-6-23-13/h7-8,13H,2-6H2,1H3,(H,19,22)/t13-/m1/s1. The Morgan fingerprint density at radius 2 is 2.12 bits per heavy atom. The van der Waals surface area contributed by atoms with Gasteiger partial charge >= 0.3 is 0 Å². The molecule has 1 amide bonds. The Morgan fingerprint density at radius 1 is 1.38 bits per heavy atom. The molecule has 0 radical (unpaired) electrons. The molecule has 1 fully saturated rings. The van der Waals surface area contributed by atoms with Crippen molar-refractivity contribution in [1.82, 2.24) is 15.5 Å². The zero-order chi connectivity index (χ0) is 17.1. The van der Waals surface area contributed by atoms with Gasteiger partial charge in [-0.15, -0.1) is 0 Å². The molecule has 2 heterocycles. The third kappa shape index (κ3) is 3.88. The number of halogens is 2. The minimum atomic E-state index is -0.248. The van der Waals surface area contributed by atoms with Crippen molar-refractivity contribution in [2.45, 2.75) is 32.3 Å². The van der Waals surface area contributed by atoms with Gasteiger partial charge in [0.2, 0.25) is 0 Å². The molecule has 1 N–H and O–H groups in total. The van der Waals surface area contributed by atoms with E-state index in [1.807, 2.05) is 0 Å². The van der Waals surface area contributed by atoms with E-state index in [4.69, 9.17) is 32.5 Å². The number of benzene rings is 1. The molecule has 1 aliphatic rings. The van der Waals surface area contributed by atoms with Crippen molar-refractivity contribution in [2.24, 2.45) is 0 Å². The number of hydrogen-bond acceptors (Lipinski definition) is 5. The van der Waals surface area contributed by atoms with Crippen LogP contribution in [0.5, 0.6) is 0 Å². The van der Waals surface area contributed by atoms with Crippen LogP contribution in [0.1, 0.15) is 46.6 Å². The Morgan fingerprint density at radius 3 is 2.79 bits per heavy atom. The number of carbonyl (C=O) groups excluding carboxylic acids is 1. The maximum atomic E-state index is 12.2. The number of rotatable bonds is 5. The van der Waals surface area contributed by atoms with Crippen LogP contribution in [0.15, 0.2) is 16.7 Å². The lowest BCUT2D eigenvalue weighted by Gasteiger charge is -2.07. The second kappa shape index (κ2) is 7.51. The van der Waals surface area contributed by atoms with Gasteiger partial charge in [-0.2, -0.15) is 4.98 Å². The summed E-state index contributed by atoms with van der Waals surface area (Å²) < 4.78 is 10.7. The summed E-state index contributed by atoms with van der Waals surface area (Å²) in [7, 11) is 0. The predicted octanol–water partition coefficient (Wildman–Crippen LogP) is 3.51. The van der Waals surface area contributed by atoms with Gasteiger partial charge in [0.15, 0.2) is 5.82 Å². The number of nitrogens with zero attached hydrogens (tertiary/aromatic N) is 2. The molecule has 128 valence electrons. The summed E-state index contributed by atoms with van der Waals surface area (Å²) in [6.45, 7) is 2.90. The van der Waals surface area contributed by atoms with Crippen molar-refractivity contribution in [3.8, 4) is 0 Å². The molecule has 0 bridgehead atoms. The van der Waals surface area contributed by atoms with Crippen molar-refractivity contribution in [3.05, 3.63) is 45.0 Å². The molecule has 1 aromatic heterocycles. The quantitative estimate of drug-likeness (QED) is 0.872. The SMILES string of the molecule is Cc1c(Cl)cc(C(=O)NCCc2noc([C@H]3CCCO3)n2)cc1Cl. The number of ether oxygens (including phenoxy) is 1. The van der Waals surface area contributed by atoms with Crippen LogP contribution in [-0.2, 0) is 11.2 Å². The van der Waals surface area contributed by atoms with E-state index in [0.717, 1.165) is 25.0 Å². The van der Waals surface area contributed by atoms with Crippen LogP contribution in [0.2, 0.25) is 10.0 Å². The molecule has 24 heavy (non-hydrogen) atoms. The first-order chi connectivity index (χ1) is 11.5. The van der Waals surface area contributed by atoms with Crippen LogP contribution in [0, 0.1) is 6.92 Å². The second-order valence-corrected chi connectivity index (χ2v) is 6.44. The number of carbonyl (C=O) groups is 1. The van der Waals surface area contributed by atoms with E-state index < -0.39 is 0 Å². The van der Waals surface area contributed by atoms with Crippen LogP contribution in [0.4, 0.5) is 0 Å². The van der Waals surface area contributed by atoms with Gasteiger partial charge in [-0.1, -0.05) is 28.4 Å². The van der Waals surface area contributed by atoms with E-state index >= 15 is 0 Å². The van der Waals surface area contributed by atoms with E-state index in [9.17, 15) is 4.79 Å². The zero-order valence-corrected chi connectivity index (χ0v) is 14.7. The third-order valence-corrected chi connectivity index (χ3v) is 4.65. The molecule has 0 aliphatic carbocycles. The normalized spacial score (nSPS) is 17.2. The van der Waals surface area contributed by atoms with Crippen molar-refractivity contribution in [2.75, 3.05) is 13.2 Å². The first kappa shape index (κ1) is 17.2. The van der Waals surface area contributed by atoms with Gasteiger partial charge in [0.1, 0.15) is 6.10 Å². The summed E-state index contributed by atoms with van der Waals surface area (Å²) in [6, 6.07) is 3.20. The molecule has 1 aromatic carbocycles. The van der Waals surface area contributed by atoms with Crippen LogP contribution in [-0.4, -0.2) is 29.2 Å². The summed E-state index contributed by atoms with van der Waals surface area (Å²) >= 11 is 12.1. The zero-order valence-electron chi connectivity index (χ0n) is 13.1. The van der Waals surface area contributed by atoms with Gasteiger partial charge < -0.3 is 14.6 Å². The molecule has 0 spiro atoms. The predicted molar refractivity (Wildman–Crippen MR) is 89.5 cm³/mol. The van der Waals surface area contributed by atoms with Crippen molar-refractivity contribution < 1.29 is 14.1 Å². The molecule has 1 aliphatic heterocycles. The van der Waals surface area contributed by atoms with Crippen LogP contribution >= 0.6 is 23.2 Å². The van der Waals surface area contributed by atoms with Gasteiger partial charge in [0.05, 0.1) is 0 Å². The highest BCUT2D eigenvalue weighted by atomic mass is 35.5. The van der Waals surface area contributed by atoms with Crippen LogP contribution in [0.25, 0.3) is 0 Å². The van der Waals surface area contributed by atoms with Crippen molar-refractivity contribution in [3.63, 3.8) is 0 Å². The monoisotopic (exact) mass is 369 g/mol. The highest BCUT2D eigenvalue weighted by Gasteiger charge is 2.23. The van der Waals surface area contributed by atoms with Crippen LogP contribution < -0.4 is 5.32 Å². The summed E-state index contributed by atoms with van der Waals surface area (Å²) in [4.78, 5) is 16.5. The molecule has 3 rings (SSSR count). The minimum Gasteiger partial charge on any atom is -0.368 e. The molecular weight excluding hydrogens is 353 g/mol. The number of aromatic nitrogens is 2. The lowest BCUT2D eigenvalue weighted by atomic mass is 10.1. The summed E-state index contributed by atoms with van der Waals surface area (Å²) in [5.74, 6) is 0.799. The van der Waals surface area contributed by atoms with Crippen molar-refractivity contribution in [1.29, 1.82) is 0 Å². The Labute approximate surface area is 149 Å². The Hall–Kier alpha value is -1.63. The van der Waals surface area contributed by atoms with E-state index in [2.05, 4.69) is 15.5 Å². The number of hydrogen-bond donors (Lipinski definition) is 1. The van der Waals surface area contributed by atoms with E-state index in [0.29, 0.717) is 40.3 Å². The molecule has 0 saturated carbocycles. The van der Waals surface area contributed by atoms with Gasteiger partial charge in [0, 0.05) is 35.2 Å². The Balaban J connectivity index is 1.53. The summed E-state index contributed by atoms with van der Waals surface area (Å²) in [6.07, 6.45) is 2.26. The highest BCUT2D eigenvalue weighted by Crippen LogP contribution is 2.27. The largest absolute Gasteiger partial charge is 0.368 e. The number of nitrogens with one attached hydrogen (secondary N) is 1. The molecule has 0 unspecified atom stereocenters. The minimum absolute atomic E-state index is 0.0994. The molecular formula is C16H17Cl2N3O3. The fourth-order valence-electron chi connectivity index (χ4n) is 2.44. The smallest absolute Gasteiger partial charge is 0.255 e.